The highest BCUT2D eigenvalue weighted by atomic mass is 35.6. The molecule has 114 valence electrons. The lowest BCUT2D eigenvalue weighted by molar-refractivity contribution is 0.916. The second-order valence-corrected chi connectivity index (χ2v) is 8.47. The Morgan fingerprint density at radius 1 is 0.810 bits per heavy atom. The van der Waals surface area contributed by atoms with Gasteiger partial charge in [-0.1, -0.05) is 93.3 Å². The van der Waals surface area contributed by atoms with Gasteiger partial charge in [-0.05, 0) is 12.1 Å². The van der Waals surface area contributed by atoms with Crippen molar-refractivity contribution in [1.29, 1.82) is 0 Å². The first-order valence-corrected chi connectivity index (χ1v) is 7.77. The molecule has 0 amide bonds. The van der Waals surface area contributed by atoms with Gasteiger partial charge in [0.05, 0.1) is 0 Å². The summed E-state index contributed by atoms with van der Waals surface area (Å²) in [6, 6.07) is 6.79. The van der Waals surface area contributed by atoms with Gasteiger partial charge in [-0.25, -0.2) is 15.0 Å². The minimum Gasteiger partial charge on any atom is -0.225 e. The normalized spacial score (nSPS) is 11.6. The number of aromatic nitrogens is 3. The Bertz CT molecular complexity index is 566. The molecular formula is C11H6Cl7N3. The van der Waals surface area contributed by atoms with Gasteiger partial charge in [0.1, 0.15) is 12.7 Å². The first-order valence-electron chi connectivity index (χ1n) is 5.12. The molecule has 0 atom stereocenters. The van der Waals surface area contributed by atoms with Crippen molar-refractivity contribution in [2.45, 2.75) is 7.59 Å². The van der Waals surface area contributed by atoms with E-state index in [-0.39, 0.29) is 5.82 Å². The molecule has 0 aliphatic rings. The Hall–Kier alpha value is 0.260. The van der Waals surface area contributed by atoms with Crippen molar-refractivity contribution in [2.24, 2.45) is 0 Å². The fourth-order valence-electron chi connectivity index (χ4n) is 1.05. The van der Waals surface area contributed by atoms with Crippen LogP contribution in [0, 0.1) is 0 Å². The zero-order valence-electron chi connectivity index (χ0n) is 9.95. The van der Waals surface area contributed by atoms with Crippen LogP contribution in [0.4, 0.5) is 0 Å². The first kappa shape index (κ1) is 19.3. The van der Waals surface area contributed by atoms with Crippen LogP contribution in [0.5, 0.6) is 0 Å². The minimum absolute atomic E-state index is 0.132. The van der Waals surface area contributed by atoms with Gasteiger partial charge in [0.15, 0.2) is 5.82 Å². The summed E-state index contributed by atoms with van der Waals surface area (Å²) in [7, 11) is 0. The van der Waals surface area contributed by atoms with Crippen molar-refractivity contribution < 1.29 is 0 Å². The molecule has 0 spiro atoms. The molecule has 0 radical (unpaired) electrons. The second-order valence-electron chi connectivity index (χ2n) is 3.47. The van der Waals surface area contributed by atoms with Gasteiger partial charge in [-0.15, -0.1) is 0 Å². The minimum atomic E-state index is -1.55. The third kappa shape index (κ3) is 7.38. The van der Waals surface area contributed by atoms with Gasteiger partial charge in [0.25, 0.3) is 0 Å². The molecule has 0 saturated heterocycles. The number of nitrogens with zero attached hydrogens (tertiary/aromatic N) is 3. The van der Waals surface area contributed by atoms with Crippen LogP contribution < -0.4 is 0 Å². The maximum Gasteiger partial charge on any atom is 0.250 e. The van der Waals surface area contributed by atoms with Gasteiger partial charge in [0, 0.05) is 10.6 Å². The van der Waals surface area contributed by atoms with Crippen molar-refractivity contribution in [3.63, 3.8) is 0 Å². The van der Waals surface area contributed by atoms with E-state index in [9.17, 15) is 0 Å². The van der Waals surface area contributed by atoms with Gasteiger partial charge in [0.2, 0.25) is 7.59 Å². The number of benzene rings is 1. The summed E-state index contributed by atoms with van der Waals surface area (Å²) in [6.45, 7) is 0. The molecule has 0 bridgehead atoms. The van der Waals surface area contributed by atoms with E-state index in [2.05, 4.69) is 15.0 Å². The van der Waals surface area contributed by atoms with Gasteiger partial charge < -0.3 is 0 Å². The van der Waals surface area contributed by atoms with Crippen LogP contribution in [0.1, 0.15) is 11.4 Å². The Balaban J connectivity index is 0.000000211. The summed E-state index contributed by atoms with van der Waals surface area (Å²) in [6.07, 6.45) is 2.54. The molecular weight excluding hydrogens is 422 g/mol. The van der Waals surface area contributed by atoms with E-state index in [4.69, 9.17) is 81.2 Å². The van der Waals surface area contributed by atoms with E-state index in [1.54, 1.807) is 24.3 Å². The Morgan fingerprint density at radius 3 is 1.71 bits per heavy atom. The highest BCUT2D eigenvalue weighted by Crippen LogP contribution is 2.38. The first-order chi connectivity index (χ1) is 9.60. The van der Waals surface area contributed by atoms with E-state index in [1.807, 2.05) is 0 Å². The van der Waals surface area contributed by atoms with E-state index < -0.39 is 7.59 Å². The number of rotatable bonds is 0. The zero-order chi connectivity index (χ0) is 16.1. The number of hydrogen-bond acceptors (Lipinski definition) is 3. The molecule has 1 aromatic carbocycles. The van der Waals surface area contributed by atoms with Crippen LogP contribution >= 0.6 is 81.2 Å². The summed E-state index contributed by atoms with van der Waals surface area (Å²) < 4.78 is -2.94. The van der Waals surface area contributed by atoms with Crippen LogP contribution in [0.25, 0.3) is 0 Å². The monoisotopic (exact) mass is 425 g/mol. The number of alkyl halides is 6. The lowest BCUT2D eigenvalue weighted by Crippen LogP contribution is -2.06. The molecule has 3 nitrogen and oxygen atoms in total. The van der Waals surface area contributed by atoms with Crippen LogP contribution in [0.3, 0.4) is 0 Å². The maximum absolute atomic E-state index is 5.67. The predicted molar refractivity (Wildman–Crippen MR) is 89.8 cm³/mol. The van der Waals surface area contributed by atoms with Crippen LogP contribution in [0.2, 0.25) is 5.02 Å². The Kier molecular flexibility index (Phi) is 7.55. The highest BCUT2D eigenvalue weighted by molar-refractivity contribution is 6.67. The van der Waals surface area contributed by atoms with E-state index in [1.165, 1.54) is 12.7 Å². The lowest BCUT2D eigenvalue weighted by atomic mass is 10.2. The average molecular weight is 428 g/mol. The molecule has 2 aromatic rings. The average Bonchev–Trinajstić information content (AvgIpc) is 2.38. The summed E-state index contributed by atoms with van der Waals surface area (Å²) in [5, 5.41) is 0.564. The Labute approximate surface area is 156 Å². The molecule has 0 fully saturated rings. The van der Waals surface area contributed by atoms with Crippen molar-refractivity contribution in [3.8, 4) is 0 Å². The van der Waals surface area contributed by atoms with E-state index >= 15 is 0 Å². The third-order valence-corrected chi connectivity index (χ3v) is 3.30. The molecule has 0 unspecified atom stereocenters. The molecule has 10 heteroatoms. The topological polar surface area (TPSA) is 38.7 Å². The van der Waals surface area contributed by atoms with Crippen molar-refractivity contribution in [3.05, 3.63) is 53.3 Å². The smallest absolute Gasteiger partial charge is 0.225 e. The standard InChI is InChI=1S/C7H4Cl4.C4H2Cl3N3/c8-6-3-1-2-5(4-6)7(9,10)11;5-4(6,7)3-9-1-8-2-10-3/h1-4H;1-2H. The SMILES string of the molecule is ClC(Cl)(Cl)c1ncncn1.Clc1cccc(C(Cl)(Cl)Cl)c1. The predicted octanol–water partition coefficient (Wildman–Crippen LogP) is 5.87. The molecule has 1 aromatic heterocycles. The molecule has 0 N–H and O–H groups in total. The highest BCUT2D eigenvalue weighted by Gasteiger charge is 2.25. The fourth-order valence-corrected chi connectivity index (χ4v) is 1.89. The molecule has 1 heterocycles. The molecule has 21 heavy (non-hydrogen) atoms. The van der Waals surface area contributed by atoms with Crippen molar-refractivity contribution in [1.82, 2.24) is 15.0 Å². The van der Waals surface area contributed by atoms with Crippen LogP contribution in [0.15, 0.2) is 36.9 Å². The van der Waals surface area contributed by atoms with Crippen LogP contribution in [-0.4, -0.2) is 15.0 Å². The summed E-state index contributed by atoms with van der Waals surface area (Å²) in [4.78, 5) is 10.8. The van der Waals surface area contributed by atoms with Gasteiger partial charge in [-0.2, -0.15) is 0 Å². The van der Waals surface area contributed by atoms with Gasteiger partial charge in [-0.3, -0.25) is 0 Å². The zero-order valence-corrected chi connectivity index (χ0v) is 15.2. The molecule has 0 aliphatic carbocycles. The molecule has 2 rings (SSSR count). The van der Waals surface area contributed by atoms with E-state index in [0.29, 0.717) is 10.6 Å². The lowest BCUT2D eigenvalue weighted by Gasteiger charge is -2.10. The number of halogens is 7. The Morgan fingerprint density at radius 2 is 1.38 bits per heavy atom. The summed E-state index contributed by atoms with van der Waals surface area (Å²) in [5.41, 5.74) is 0.579. The quantitative estimate of drug-likeness (QED) is 0.493. The van der Waals surface area contributed by atoms with E-state index in [0.717, 1.165) is 0 Å². The maximum atomic E-state index is 5.67. The molecule has 0 saturated carbocycles. The molecule has 0 aliphatic heterocycles. The summed E-state index contributed by atoms with van der Waals surface area (Å²) >= 11 is 38.8. The number of hydrogen-bond donors (Lipinski definition) is 0. The van der Waals surface area contributed by atoms with Crippen LogP contribution in [-0.2, 0) is 7.59 Å². The largest absolute Gasteiger partial charge is 0.250 e. The summed E-state index contributed by atoms with van der Waals surface area (Å²) in [5.74, 6) is 0.132. The van der Waals surface area contributed by atoms with Crippen molar-refractivity contribution >= 4 is 81.2 Å². The fraction of sp³-hybridized carbons (Fsp3) is 0.182. The second kappa shape index (κ2) is 8.21. The van der Waals surface area contributed by atoms with Crippen molar-refractivity contribution in [2.75, 3.05) is 0 Å². The third-order valence-electron chi connectivity index (χ3n) is 1.90. The van der Waals surface area contributed by atoms with Gasteiger partial charge >= 0.3 is 0 Å².